The van der Waals surface area contributed by atoms with E-state index in [4.69, 9.17) is 0 Å². The molecule has 0 N–H and O–H groups in total. The molecule has 0 aliphatic rings. The lowest BCUT2D eigenvalue weighted by Crippen LogP contribution is -2.17. The summed E-state index contributed by atoms with van der Waals surface area (Å²) < 4.78 is 41.1. The summed E-state index contributed by atoms with van der Waals surface area (Å²) in [5.74, 6) is -0.250. The number of alkyl halides is 3. The fourth-order valence-corrected chi connectivity index (χ4v) is 1.72. The zero-order chi connectivity index (χ0) is 13.2. The van der Waals surface area contributed by atoms with Gasteiger partial charge in [-0.1, -0.05) is 12.1 Å². The molecule has 0 saturated carbocycles. The van der Waals surface area contributed by atoms with E-state index < -0.39 is 6.36 Å². The topological polar surface area (TPSA) is 22.1 Å². The van der Waals surface area contributed by atoms with E-state index in [0.29, 0.717) is 11.3 Å². The van der Waals surface area contributed by atoms with E-state index in [1.54, 1.807) is 18.3 Å². The van der Waals surface area contributed by atoms with Crippen LogP contribution in [-0.4, -0.2) is 11.3 Å². The summed E-state index contributed by atoms with van der Waals surface area (Å²) >= 11 is 2.10. The smallest absolute Gasteiger partial charge is 0.406 e. The average molecular weight is 365 g/mol. The second kappa shape index (κ2) is 5.13. The summed E-state index contributed by atoms with van der Waals surface area (Å²) in [6.45, 7) is 0. The maximum atomic E-state index is 12.1. The molecule has 0 fully saturated rings. The summed E-state index contributed by atoms with van der Waals surface area (Å²) in [4.78, 5) is 4.14. The summed E-state index contributed by atoms with van der Waals surface area (Å²) in [5.41, 5.74) is 1.18. The van der Waals surface area contributed by atoms with E-state index in [1.807, 2.05) is 6.07 Å². The molecule has 18 heavy (non-hydrogen) atoms. The predicted octanol–water partition coefficient (Wildman–Crippen LogP) is 4.25. The first-order chi connectivity index (χ1) is 8.44. The lowest BCUT2D eigenvalue weighted by atomic mass is 10.1. The van der Waals surface area contributed by atoms with Gasteiger partial charge in [0.05, 0.1) is 5.69 Å². The van der Waals surface area contributed by atoms with Crippen LogP contribution in [0.5, 0.6) is 5.75 Å². The molecule has 6 heteroatoms. The van der Waals surface area contributed by atoms with Crippen LogP contribution in [0, 0.1) is 3.57 Å². The monoisotopic (exact) mass is 365 g/mol. The van der Waals surface area contributed by atoms with E-state index in [0.717, 1.165) is 3.57 Å². The van der Waals surface area contributed by atoms with Crippen molar-refractivity contribution < 1.29 is 17.9 Å². The normalized spacial score (nSPS) is 11.3. The highest BCUT2D eigenvalue weighted by atomic mass is 127. The third-order valence-corrected chi connectivity index (χ3v) is 2.73. The van der Waals surface area contributed by atoms with E-state index in [-0.39, 0.29) is 5.75 Å². The summed E-state index contributed by atoms with van der Waals surface area (Å²) in [7, 11) is 0. The van der Waals surface area contributed by atoms with Gasteiger partial charge < -0.3 is 4.74 Å². The molecule has 1 heterocycles. The van der Waals surface area contributed by atoms with Gasteiger partial charge >= 0.3 is 6.36 Å². The Bertz CT molecular complexity index is 540. The molecule has 0 amide bonds. The maximum absolute atomic E-state index is 12.1. The van der Waals surface area contributed by atoms with Gasteiger partial charge in [0, 0.05) is 15.3 Å². The van der Waals surface area contributed by atoms with E-state index in [1.165, 1.54) is 18.2 Å². The van der Waals surface area contributed by atoms with Gasteiger partial charge in [-0.2, -0.15) is 0 Å². The Morgan fingerprint density at radius 1 is 1.11 bits per heavy atom. The number of pyridine rings is 1. The number of ether oxygens (including phenoxy) is 1. The first-order valence-corrected chi connectivity index (χ1v) is 6.00. The van der Waals surface area contributed by atoms with Crippen LogP contribution in [0.15, 0.2) is 42.6 Å². The van der Waals surface area contributed by atoms with Crippen molar-refractivity contribution in [1.29, 1.82) is 0 Å². The minimum absolute atomic E-state index is 0.250. The summed E-state index contributed by atoms with van der Waals surface area (Å²) in [6, 6.07) is 9.31. The van der Waals surface area contributed by atoms with Gasteiger partial charge in [0.1, 0.15) is 5.75 Å². The molecular weight excluding hydrogens is 358 g/mol. The van der Waals surface area contributed by atoms with Crippen molar-refractivity contribution in [3.8, 4) is 17.0 Å². The predicted molar refractivity (Wildman–Crippen MR) is 69.1 cm³/mol. The summed E-state index contributed by atoms with van der Waals surface area (Å²) in [6.07, 6.45) is -3.04. The highest BCUT2D eigenvalue weighted by Gasteiger charge is 2.31. The Morgan fingerprint density at radius 2 is 1.89 bits per heavy atom. The zero-order valence-corrected chi connectivity index (χ0v) is 11.1. The quantitative estimate of drug-likeness (QED) is 0.743. The van der Waals surface area contributed by atoms with Crippen molar-refractivity contribution in [2.75, 3.05) is 0 Å². The molecule has 0 atom stereocenters. The number of benzene rings is 1. The Balaban J connectivity index is 2.29. The Kier molecular flexibility index (Phi) is 3.74. The second-order valence-electron chi connectivity index (χ2n) is 3.44. The third kappa shape index (κ3) is 3.59. The Morgan fingerprint density at radius 3 is 2.50 bits per heavy atom. The fraction of sp³-hybridized carbons (Fsp3) is 0.0833. The van der Waals surface area contributed by atoms with Gasteiger partial charge in [-0.05, 0) is 46.9 Å². The van der Waals surface area contributed by atoms with Crippen molar-refractivity contribution in [2.24, 2.45) is 0 Å². The molecule has 0 radical (unpaired) electrons. The van der Waals surface area contributed by atoms with Crippen LogP contribution in [0.4, 0.5) is 13.2 Å². The number of halogens is 4. The number of hydrogen-bond acceptors (Lipinski definition) is 2. The fourth-order valence-electron chi connectivity index (χ4n) is 1.40. The van der Waals surface area contributed by atoms with Crippen LogP contribution in [0.3, 0.4) is 0 Å². The highest BCUT2D eigenvalue weighted by molar-refractivity contribution is 14.1. The lowest BCUT2D eigenvalue weighted by Gasteiger charge is -2.09. The van der Waals surface area contributed by atoms with Crippen molar-refractivity contribution in [3.05, 3.63) is 46.2 Å². The molecule has 94 valence electrons. The van der Waals surface area contributed by atoms with Crippen LogP contribution < -0.4 is 4.74 Å². The van der Waals surface area contributed by atoms with E-state index in [2.05, 4.69) is 32.3 Å². The molecule has 2 nitrogen and oxygen atoms in total. The van der Waals surface area contributed by atoms with Crippen LogP contribution in [-0.2, 0) is 0 Å². The third-order valence-electron chi connectivity index (χ3n) is 2.09. The number of rotatable bonds is 2. The molecule has 0 aliphatic heterocycles. The van der Waals surface area contributed by atoms with Crippen molar-refractivity contribution >= 4 is 22.6 Å². The van der Waals surface area contributed by atoms with Gasteiger partial charge in [-0.25, -0.2) is 0 Å². The lowest BCUT2D eigenvalue weighted by molar-refractivity contribution is -0.274. The van der Waals surface area contributed by atoms with Gasteiger partial charge in [-0.15, -0.1) is 13.2 Å². The zero-order valence-electron chi connectivity index (χ0n) is 8.91. The second-order valence-corrected chi connectivity index (χ2v) is 4.68. The number of nitrogens with zero attached hydrogens (tertiary/aromatic N) is 1. The van der Waals surface area contributed by atoms with Gasteiger partial charge in [-0.3, -0.25) is 4.98 Å². The molecule has 1 aromatic carbocycles. The van der Waals surface area contributed by atoms with Crippen LogP contribution in [0.2, 0.25) is 0 Å². The SMILES string of the molecule is FC(F)(F)Oc1cccc(-c2ccc(I)cn2)c1. The molecule has 0 aliphatic carbocycles. The van der Waals surface area contributed by atoms with Crippen molar-refractivity contribution in [1.82, 2.24) is 4.98 Å². The van der Waals surface area contributed by atoms with Crippen molar-refractivity contribution in [2.45, 2.75) is 6.36 Å². The molecule has 0 unspecified atom stereocenters. The molecule has 1 aromatic heterocycles. The molecule has 2 rings (SSSR count). The standard InChI is InChI=1S/C12H7F3INO/c13-12(14,15)18-10-3-1-2-8(6-10)11-5-4-9(16)7-17-11/h1-7H. The minimum Gasteiger partial charge on any atom is -0.406 e. The van der Waals surface area contributed by atoms with Gasteiger partial charge in [0.15, 0.2) is 0 Å². The van der Waals surface area contributed by atoms with Crippen LogP contribution in [0.25, 0.3) is 11.3 Å². The number of aromatic nitrogens is 1. The minimum atomic E-state index is -4.68. The largest absolute Gasteiger partial charge is 0.573 e. The maximum Gasteiger partial charge on any atom is 0.573 e. The van der Waals surface area contributed by atoms with E-state index in [9.17, 15) is 13.2 Å². The first kappa shape index (κ1) is 13.1. The molecular formula is C12H7F3INO. The summed E-state index contributed by atoms with van der Waals surface area (Å²) in [5, 5.41) is 0. The molecule has 2 aromatic rings. The Hall–Kier alpha value is -1.31. The van der Waals surface area contributed by atoms with Crippen LogP contribution in [0.1, 0.15) is 0 Å². The number of hydrogen-bond donors (Lipinski definition) is 0. The van der Waals surface area contributed by atoms with Crippen molar-refractivity contribution in [3.63, 3.8) is 0 Å². The Labute approximate surface area is 115 Å². The van der Waals surface area contributed by atoms with E-state index >= 15 is 0 Å². The van der Waals surface area contributed by atoms with Gasteiger partial charge in [0.2, 0.25) is 0 Å². The average Bonchev–Trinajstić information content (AvgIpc) is 2.28. The highest BCUT2D eigenvalue weighted by Crippen LogP contribution is 2.27. The van der Waals surface area contributed by atoms with Crippen LogP contribution >= 0.6 is 22.6 Å². The molecule has 0 spiro atoms. The van der Waals surface area contributed by atoms with Gasteiger partial charge in [0.25, 0.3) is 0 Å². The first-order valence-electron chi connectivity index (χ1n) is 4.92. The molecule has 0 saturated heterocycles. The molecule has 0 bridgehead atoms.